The van der Waals surface area contributed by atoms with Crippen LogP contribution in [0.3, 0.4) is 0 Å². The number of amides is 1. The number of carbonyl (C=O) groups is 3. The number of ether oxygens (including phenoxy) is 1. The van der Waals surface area contributed by atoms with E-state index >= 15 is 0 Å². The predicted octanol–water partition coefficient (Wildman–Crippen LogP) is 2.09. The van der Waals surface area contributed by atoms with Crippen molar-refractivity contribution in [2.24, 2.45) is 0 Å². The molecule has 0 bridgehead atoms. The quantitative estimate of drug-likeness (QED) is 0.823. The van der Waals surface area contributed by atoms with E-state index in [9.17, 15) is 14.4 Å². The van der Waals surface area contributed by atoms with Gasteiger partial charge in [0, 0.05) is 5.56 Å². The van der Waals surface area contributed by atoms with Crippen molar-refractivity contribution in [3.63, 3.8) is 0 Å². The number of aromatic carboxylic acids is 1. The molecule has 0 aliphatic rings. The Morgan fingerprint density at radius 2 is 1.80 bits per heavy atom. The van der Waals surface area contributed by atoms with Gasteiger partial charge in [0.05, 0.1) is 12.1 Å². The maximum absolute atomic E-state index is 11.8. The molecule has 0 saturated heterocycles. The maximum atomic E-state index is 11.8. The van der Waals surface area contributed by atoms with Crippen molar-refractivity contribution in [1.29, 1.82) is 0 Å². The Morgan fingerprint density at radius 3 is 2.35 bits per heavy atom. The van der Waals surface area contributed by atoms with Crippen LogP contribution in [0.4, 0.5) is 4.79 Å². The highest BCUT2D eigenvalue weighted by atomic mass is 16.6. The lowest BCUT2D eigenvalue weighted by atomic mass is 10.1. The highest BCUT2D eigenvalue weighted by Gasteiger charge is 2.17. The molecular weight excluding hydrogens is 262 g/mol. The average Bonchev–Trinajstić information content (AvgIpc) is 2.34. The van der Waals surface area contributed by atoms with Gasteiger partial charge in [0.1, 0.15) is 5.60 Å². The van der Waals surface area contributed by atoms with Gasteiger partial charge in [0.15, 0.2) is 5.78 Å². The molecule has 0 fully saturated rings. The van der Waals surface area contributed by atoms with Crippen molar-refractivity contribution in [1.82, 2.24) is 5.32 Å². The Bertz CT molecular complexity index is 531. The molecule has 1 aromatic rings. The first-order chi connectivity index (χ1) is 9.19. The summed E-state index contributed by atoms with van der Waals surface area (Å²) in [5, 5.41) is 11.2. The number of ketones is 1. The number of benzene rings is 1. The highest BCUT2D eigenvalue weighted by molar-refractivity contribution is 6.00. The van der Waals surface area contributed by atoms with Crippen molar-refractivity contribution < 1.29 is 24.2 Å². The van der Waals surface area contributed by atoms with Crippen LogP contribution in [-0.4, -0.2) is 35.1 Å². The molecular formula is C14H17NO5. The van der Waals surface area contributed by atoms with E-state index in [4.69, 9.17) is 9.84 Å². The first-order valence-corrected chi connectivity index (χ1v) is 6.02. The summed E-state index contributed by atoms with van der Waals surface area (Å²) in [5.41, 5.74) is -0.398. The number of hydrogen-bond acceptors (Lipinski definition) is 4. The third-order valence-corrected chi connectivity index (χ3v) is 2.22. The van der Waals surface area contributed by atoms with Gasteiger partial charge in [0.25, 0.3) is 0 Å². The topological polar surface area (TPSA) is 92.7 Å². The van der Waals surface area contributed by atoms with Crippen LogP contribution in [0.2, 0.25) is 0 Å². The van der Waals surface area contributed by atoms with E-state index in [2.05, 4.69) is 5.32 Å². The van der Waals surface area contributed by atoms with Crippen LogP contribution in [0, 0.1) is 0 Å². The standard InChI is InChI=1S/C14H17NO5/c1-14(2,3)20-13(19)15-8-11(16)9-5-4-6-10(7-9)12(17)18/h4-7H,8H2,1-3H3,(H,15,19)(H,17,18). The van der Waals surface area contributed by atoms with Crippen molar-refractivity contribution >= 4 is 17.8 Å². The Balaban J connectivity index is 2.61. The summed E-state index contributed by atoms with van der Waals surface area (Å²) >= 11 is 0. The average molecular weight is 279 g/mol. The van der Waals surface area contributed by atoms with Crippen LogP contribution in [0.25, 0.3) is 0 Å². The van der Waals surface area contributed by atoms with Gasteiger partial charge in [-0.2, -0.15) is 0 Å². The Morgan fingerprint density at radius 1 is 1.20 bits per heavy atom. The first kappa shape index (κ1) is 15.7. The van der Waals surface area contributed by atoms with Gasteiger partial charge in [-0.05, 0) is 32.9 Å². The SMILES string of the molecule is CC(C)(C)OC(=O)NCC(=O)c1cccc(C(=O)O)c1. The molecule has 0 aromatic heterocycles. The summed E-state index contributed by atoms with van der Waals surface area (Å²) in [7, 11) is 0. The van der Waals surface area contributed by atoms with Crippen LogP contribution in [0.1, 0.15) is 41.5 Å². The van der Waals surface area contributed by atoms with Gasteiger partial charge in [-0.15, -0.1) is 0 Å². The maximum Gasteiger partial charge on any atom is 0.408 e. The zero-order chi connectivity index (χ0) is 15.3. The minimum Gasteiger partial charge on any atom is -0.478 e. The number of carboxylic acids is 1. The van der Waals surface area contributed by atoms with Gasteiger partial charge in [0.2, 0.25) is 0 Å². The molecule has 1 amide bonds. The number of Topliss-reactive ketones (excluding diaryl/α,β-unsaturated/α-hetero) is 1. The summed E-state index contributed by atoms with van der Waals surface area (Å²) in [6, 6.07) is 5.62. The summed E-state index contributed by atoms with van der Waals surface area (Å²) in [4.78, 5) is 34.0. The van der Waals surface area contributed by atoms with Crippen LogP contribution in [0.15, 0.2) is 24.3 Å². The second-order valence-corrected chi connectivity index (χ2v) is 5.16. The smallest absolute Gasteiger partial charge is 0.408 e. The van der Waals surface area contributed by atoms with Crippen LogP contribution in [0.5, 0.6) is 0 Å². The first-order valence-electron chi connectivity index (χ1n) is 6.02. The second kappa shape index (κ2) is 6.18. The number of carbonyl (C=O) groups excluding carboxylic acids is 2. The Kier molecular flexibility index (Phi) is 4.85. The molecule has 1 rings (SSSR count). The van der Waals surface area contributed by atoms with E-state index in [1.807, 2.05) is 0 Å². The van der Waals surface area contributed by atoms with Crippen molar-refractivity contribution in [3.8, 4) is 0 Å². The van der Waals surface area contributed by atoms with Gasteiger partial charge in [-0.25, -0.2) is 9.59 Å². The van der Waals surface area contributed by atoms with Gasteiger partial charge in [-0.1, -0.05) is 12.1 Å². The Labute approximate surface area is 116 Å². The number of alkyl carbamates (subject to hydrolysis) is 1. The number of nitrogens with one attached hydrogen (secondary N) is 1. The number of carboxylic acid groups (broad SMARTS) is 1. The summed E-state index contributed by atoms with van der Waals surface area (Å²) < 4.78 is 4.99. The molecule has 108 valence electrons. The third-order valence-electron chi connectivity index (χ3n) is 2.22. The van der Waals surface area contributed by atoms with Gasteiger partial charge >= 0.3 is 12.1 Å². The van der Waals surface area contributed by atoms with E-state index in [0.29, 0.717) is 0 Å². The fourth-order valence-corrected chi connectivity index (χ4v) is 1.39. The Hall–Kier alpha value is -2.37. The van der Waals surface area contributed by atoms with Crippen LogP contribution >= 0.6 is 0 Å². The van der Waals surface area contributed by atoms with Crippen molar-refractivity contribution in [3.05, 3.63) is 35.4 Å². The molecule has 0 saturated carbocycles. The number of rotatable bonds is 4. The van der Waals surface area contributed by atoms with Crippen molar-refractivity contribution in [2.45, 2.75) is 26.4 Å². The molecule has 0 spiro atoms. The summed E-state index contributed by atoms with van der Waals surface area (Å²) in [6.07, 6.45) is -0.694. The van der Waals surface area contributed by atoms with E-state index in [0.717, 1.165) is 0 Å². The largest absolute Gasteiger partial charge is 0.478 e. The zero-order valence-electron chi connectivity index (χ0n) is 11.6. The third kappa shape index (κ3) is 5.09. The van der Waals surface area contributed by atoms with Crippen molar-refractivity contribution in [2.75, 3.05) is 6.54 Å². The molecule has 6 heteroatoms. The van der Waals surface area contributed by atoms with Gasteiger partial charge in [-0.3, -0.25) is 4.79 Å². The normalized spacial score (nSPS) is 10.8. The van der Waals surface area contributed by atoms with Crippen LogP contribution < -0.4 is 5.32 Å². The van der Waals surface area contributed by atoms with E-state index in [-0.39, 0.29) is 23.5 Å². The molecule has 0 radical (unpaired) electrons. The summed E-state index contributed by atoms with van der Waals surface area (Å²) in [6.45, 7) is 4.89. The predicted molar refractivity (Wildman–Crippen MR) is 72.0 cm³/mol. The lowest BCUT2D eigenvalue weighted by molar-refractivity contribution is 0.0519. The number of hydrogen-bond donors (Lipinski definition) is 2. The monoisotopic (exact) mass is 279 g/mol. The highest BCUT2D eigenvalue weighted by Crippen LogP contribution is 2.08. The molecule has 2 N–H and O–H groups in total. The zero-order valence-corrected chi connectivity index (χ0v) is 11.6. The summed E-state index contributed by atoms with van der Waals surface area (Å²) in [5.74, 6) is -1.50. The lowest BCUT2D eigenvalue weighted by Gasteiger charge is -2.19. The fourth-order valence-electron chi connectivity index (χ4n) is 1.39. The molecule has 0 atom stereocenters. The molecule has 0 aliphatic heterocycles. The molecule has 20 heavy (non-hydrogen) atoms. The molecule has 6 nitrogen and oxygen atoms in total. The lowest BCUT2D eigenvalue weighted by Crippen LogP contribution is -2.35. The van der Waals surface area contributed by atoms with E-state index in [1.54, 1.807) is 20.8 Å². The minimum atomic E-state index is -1.11. The minimum absolute atomic E-state index is 0.0214. The van der Waals surface area contributed by atoms with Crippen LogP contribution in [-0.2, 0) is 4.74 Å². The molecule has 0 aliphatic carbocycles. The van der Waals surface area contributed by atoms with Gasteiger partial charge < -0.3 is 15.2 Å². The van der Waals surface area contributed by atoms with E-state index < -0.39 is 17.7 Å². The molecule has 0 unspecified atom stereocenters. The molecule has 0 heterocycles. The van der Waals surface area contributed by atoms with E-state index in [1.165, 1.54) is 24.3 Å². The second-order valence-electron chi connectivity index (χ2n) is 5.16. The fraction of sp³-hybridized carbons (Fsp3) is 0.357. The molecule has 1 aromatic carbocycles.